The Balaban J connectivity index is 1.81. The maximum Gasteiger partial charge on any atom is 0.262 e. The third-order valence-electron chi connectivity index (χ3n) is 3.91. The molecule has 122 valence electrons. The minimum atomic E-state index is -3.79. The zero-order chi connectivity index (χ0) is 16.2. The maximum absolute atomic E-state index is 13.1. The molecule has 7 nitrogen and oxygen atoms in total. The predicted octanol–water partition coefficient (Wildman–Crippen LogP) is 2.87. The number of rotatable bonds is 3. The van der Waals surface area contributed by atoms with Crippen molar-refractivity contribution in [2.45, 2.75) is 30.8 Å². The summed E-state index contributed by atoms with van der Waals surface area (Å²) in [5.41, 5.74) is 0.729. The van der Waals surface area contributed by atoms with Gasteiger partial charge in [-0.3, -0.25) is 4.40 Å². The van der Waals surface area contributed by atoms with Gasteiger partial charge in [-0.1, -0.05) is 16.8 Å². The molecule has 1 saturated heterocycles. The molecule has 0 spiro atoms. The van der Waals surface area contributed by atoms with Crippen LogP contribution in [0.15, 0.2) is 27.2 Å². The van der Waals surface area contributed by atoms with E-state index in [4.69, 9.17) is 16.1 Å². The summed E-state index contributed by atoms with van der Waals surface area (Å²) in [7, 11) is -3.79. The van der Waals surface area contributed by atoms with Crippen molar-refractivity contribution >= 4 is 37.9 Å². The van der Waals surface area contributed by atoms with Crippen molar-refractivity contribution in [2.75, 3.05) is 6.54 Å². The van der Waals surface area contributed by atoms with Crippen molar-refractivity contribution < 1.29 is 12.9 Å². The maximum atomic E-state index is 13.1. The molecule has 4 rings (SSSR count). The van der Waals surface area contributed by atoms with Gasteiger partial charge in [-0.25, -0.2) is 13.4 Å². The summed E-state index contributed by atoms with van der Waals surface area (Å²) in [6, 6.07) is 1.41. The minimum absolute atomic E-state index is 0.00347. The van der Waals surface area contributed by atoms with Gasteiger partial charge < -0.3 is 4.52 Å². The van der Waals surface area contributed by atoms with E-state index in [1.807, 2.05) is 6.92 Å². The van der Waals surface area contributed by atoms with Crippen LogP contribution in [0, 0.1) is 6.92 Å². The zero-order valence-corrected chi connectivity index (χ0v) is 14.5. The second-order valence-electron chi connectivity index (χ2n) is 5.41. The van der Waals surface area contributed by atoms with E-state index in [1.165, 1.54) is 20.0 Å². The Kier molecular flexibility index (Phi) is 3.49. The molecule has 1 unspecified atom stereocenters. The number of hydrogen-bond acceptors (Lipinski definition) is 6. The number of fused-ring (bicyclic) bond motifs is 1. The molecule has 0 aliphatic carbocycles. The van der Waals surface area contributed by atoms with Crippen LogP contribution < -0.4 is 0 Å². The lowest BCUT2D eigenvalue weighted by molar-refractivity contribution is 0.296. The fourth-order valence-electron chi connectivity index (χ4n) is 2.93. The van der Waals surface area contributed by atoms with Crippen LogP contribution in [0.1, 0.15) is 30.3 Å². The minimum Gasteiger partial charge on any atom is -0.359 e. The highest BCUT2D eigenvalue weighted by Crippen LogP contribution is 2.38. The Labute approximate surface area is 141 Å². The first kappa shape index (κ1) is 15.1. The number of aryl methyl sites for hydroxylation is 1. The number of imidazole rings is 1. The molecular weight excluding hydrogens is 360 g/mol. The van der Waals surface area contributed by atoms with Gasteiger partial charge in [0.2, 0.25) is 0 Å². The summed E-state index contributed by atoms with van der Waals surface area (Å²) in [6.07, 6.45) is 3.11. The number of sulfonamides is 1. The van der Waals surface area contributed by atoms with E-state index in [2.05, 4.69) is 10.1 Å². The quantitative estimate of drug-likeness (QED) is 0.706. The van der Waals surface area contributed by atoms with Gasteiger partial charge in [0, 0.05) is 24.2 Å². The molecule has 0 bridgehead atoms. The molecule has 0 radical (unpaired) electrons. The topological polar surface area (TPSA) is 80.7 Å². The van der Waals surface area contributed by atoms with E-state index < -0.39 is 10.0 Å². The Bertz CT molecular complexity index is 975. The van der Waals surface area contributed by atoms with Crippen LogP contribution in [0.25, 0.3) is 4.96 Å². The summed E-state index contributed by atoms with van der Waals surface area (Å²) in [6.45, 7) is 2.23. The zero-order valence-electron chi connectivity index (χ0n) is 12.1. The van der Waals surface area contributed by atoms with Gasteiger partial charge in [0.15, 0.2) is 20.9 Å². The molecule has 1 fully saturated rings. The number of halogens is 1. The number of thiazole rings is 1. The Morgan fingerprint density at radius 1 is 1.48 bits per heavy atom. The van der Waals surface area contributed by atoms with E-state index in [0.717, 1.165) is 12.1 Å². The van der Waals surface area contributed by atoms with Crippen molar-refractivity contribution in [1.82, 2.24) is 18.8 Å². The van der Waals surface area contributed by atoms with E-state index in [9.17, 15) is 8.42 Å². The molecule has 0 amide bonds. The molecule has 3 aromatic rings. The summed E-state index contributed by atoms with van der Waals surface area (Å²) in [5.74, 6) is 0.561. The lowest BCUT2D eigenvalue weighted by Crippen LogP contribution is -2.31. The largest absolute Gasteiger partial charge is 0.359 e. The highest BCUT2D eigenvalue weighted by atomic mass is 35.5. The molecule has 0 saturated carbocycles. The van der Waals surface area contributed by atoms with Crippen molar-refractivity contribution in [1.29, 1.82) is 0 Å². The molecule has 1 aliphatic heterocycles. The fourth-order valence-corrected chi connectivity index (χ4v) is 6.01. The van der Waals surface area contributed by atoms with Crippen LogP contribution in [-0.4, -0.2) is 33.8 Å². The standard InChI is InChI=1S/C13H13ClN4O3S2/c1-8-7-10(21-16-8)9-3-2-4-18(9)23(19,20)12-11(14)15-13-17(12)5-6-22-13/h5-7,9H,2-4H2,1H3. The van der Waals surface area contributed by atoms with Crippen LogP contribution in [0.4, 0.5) is 0 Å². The van der Waals surface area contributed by atoms with Crippen molar-refractivity contribution in [3.05, 3.63) is 34.3 Å². The first-order valence-electron chi connectivity index (χ1n) is 7.04. The van der Waals surface area contributed by atoms with E-state index in [-0.39, 0.29) is 16.2 Å². The second kappa shape index (κ2) is 5.30. The first-order chi connectivity index (χ1) is 11.0. The fraction of sp³-hybridized carbons (Fsp3) is 0.385. The lowest BCUT2D eigenvalue weighted by atomic mass is 10.2. The van der Waals surface area contributed by atoms with Gasteiger partial charge in [-0.15, -0.1) is 11.3 Å². The summed E-state index contributed by atoms with van der Waals surface area (Å²) in [4.78, 5) is 4.67. The second-order valence-corrected chi connectivity index (χ2v) is 8.44. The Hall–Kier alpha value is -1.42. The molecule has 1 aliphatic rings. The highest BCUT2D eigenvalue weighted by molar-refractivity contribution is 7.89. The molecule has 23 heavy (non-hydrogen) atoms. The third-order valence-corrected chi connectivity index (χ3v) is 6.98. The number of nitrogens with zero attached hydrogens (tertiary/aromatic N) is 4. The van der Waals surface area contributed by atoms with E-state index in [1.54, 1.807) is 17.6 Å². The summed E-state index contributed by atoms with van der Waals surface area (Å²) >= 11 is 7.44. The SMILES string of the molecule is Cc1cc(C2CCCN2S(=O)(=O)c2c(Cl)nc3sccn23)on1. The van der Waals surface area contributed by atoms with Crippen molar-refractivity contribution in [2.24, 2.45) is 0 Å². The van der Waals surface area contributed by atoms with Crippen molar-refractivity contribution in [3.63, 3.8) is 0 Å². The summed E-state index contributed by atoms with van der Waals surface area (Å²) < 4.78 is 34.5. The predicted molar refractivity (Wildman–Crippen MR) is 85.2 cm³/mol. The Morgan fingerprint density at radius 3 is 3.04 bits per heavy atom. The average Bonchev–Trinajstić information content (AvgIpc) is 3.19. The van der Waals surface area contributed by atoms with Crippen LogP contribution in [0.5, 0.6) is 0 Å². The monoisotopic (exact) mass is 372 g/mol. The lowest BCUT2D eigenvalue weighted by Gasteiger charge is -2.21. The molecular formula is C13H13ClN4O3S2. The molecule has 10 heteroatoms. The van der Waals surface area contributed by atoms with Gasteiger partial charge in [-0.2, -0.15) is 4.31 Å². The Morgan fingerprint density at radius 2 is 2.30 bits per heavy atom. The average molecular weight is 373 g/mol. The van der Waals surface area contributed by atoms with Gasteiger partial charge in [0.1, 0.15) is 0 Å². The smallest absolute Gasteiger partial charge is 0.262 e. The molecule has 3 aromatic heterocycles. The van der Waals surface area contributed by atoms with Crippen LogP contribution in [0.2, 0.25) is 5.15 Å². The van der Waals surface area contributed by atoms with Crippen molar-refractivity contribution in [3.8, 4) is 0 Å². The first-order valence-corrected chi connectivity index (χ1v) is 9.74. The van der Waals surface area contributed by atoms with Gasteiger partial charge in [0.05, 0.1) is 11.7 Å². The molecule has 0 N–H and O–H groups in total. The van der Waals surface area contributed by atoms with Gasteiger partial charge >= 0.3 is 0 Å². The van der Waals surface area contributed by atoms with E-state index in [0.29, 0.717) is 23.7 Å². The normalized spacial score (nSPS) is 19.8. The van der Waals surface area contributed by atoms with Gasteiger partial charge in [0.25, 0.3) is 10.0 Å². The van der Waals surface area contributed by atoms with Crippen LogP contribution >= 0.6 is 22.9 Å². The molecule has 4 heterocycles. The highest BCUT2D eigenvalue weighted by Gasteiger charge is 2.41. The third kappa shape index (κ3) is 2.30. The van der Waals surface area contributed by atoms with E-state index >= 15 is 0 Å². The molecule has 1 atom stereocenters. The number of aromatic nitrogens is 3. The number of hydrogen-bond donors (Lipinski definition) is 0. The van der Waals surface area contributed by atoms with Gasteiger partial charge in [-0.05, 0) is 19.8 Å². The van der Waals surface area contributed by atoms with Crippen LogP contribution in [0.3, 0.4) is 0 Å². The summed E-state index contributed by atoms with van der Waals surface area (Å²) in [5, 5.41) is 5.65. The van der Waals surface area contributed by atoms with Crippen LogP contribution in [-0.2, 0) is 10.0 Å². The molecule has 0 aromatic carbocycles.